The lowest BCUT2D eigenvalue weighted by atomic mass is 9.82. The van der Waals surface area contributed by atoms with Gasteiger partial charge in [-0.1, -0.05) is 130 Å². The molecule has 3 aromatic rings. The number of aliphatic hydroxyl groups is 1. The second-order valence-corrected chi connectivity index (χ2v) is 15.1. The van der Waals surface area contributed by atoms with Crippen molar-refractivity contribution >= 4 is 35.7 Å². The minimum atomic E-state index is -3.06. The van der Waals surface area contributed by atoms with Crippen LogP contribution in [0.25, 0.3) is 11.1 Å². The molecule has 316 valence electrons. The molecule has 3 aromatic carbocycles. The van der Waals surface area contributed by atoms with Gasteiger partial charge in [0, 0.05) is 36.9 Å². The summed E-state index contributed by atoms with van der Waals surface area (Å²) in [5, 5.41) is 45.3. The van der Waals surface area contributed by atoms with Crippen molar-refractivity contribution in [2.24, 2.45) is 5.92 Å². The number of carbonyl (C=O) groups is 6. The van der Waals surface area contributed by atoms with Gasteiger partial charge in [-0.05, 0) is 47.9 Å². The lowest BCUT2D eigenvalue weighted by Gasteiger charge is -2.29. The van der Waals surface area contributed by atoms with Crippen LogP contribution < -0.4 is 10.6 Å². The van der Waals surface area contributed by atoms with Crippen LogP contribution in [0.4, 0.5) is 4.79 Å². The van der Waals surface area contributed by atoms with Crippen LogP contribution in [0.3, 0.4) is 0 Å². The molecule has 3 unspecified atom stereocenters. The zero-order valence-electron chi connectivity index (χ0n) is 33.6. The van der Waals surface area contributed by atoms with Crippen molar-refractivity contribution in [1.29, 1.82) is 0 Å². The summed E-state index contributed by atoms with van der Waals surface area (Å²) in [6.45, 7) is 2.25. The van der Waals surface area contributed by atoms with Crippen LogP contribution in [0.1, 0.15) is 119 Å². The number of fused-ring (bicyclic) bond motifs is 3. The van der Waals surface area contributed by atoms with E-state index >= 15 is 0 Å². The summed E-state index contributed by atoms with van der Waals surface area (Å²) in [4.78, 5) is 74.6. The van der Waals surface area contributed by atoms with Crippen molar-refractivity contribution in [2.45, 2.75) is 121 Å². The molecule has 13 heteroatoms. The van der Waals surface area contributed by atoms with E-state index in [1.807, 2.05) is 48.5 Å². The number of benzene rings is 3. The molecular weight excluding hydrogens is 757 g/mol. The molecule has 0 fully saturated rings. The normalized spacial score (nSPS) is 14.1. The number of nitrogens with one attached hydrogen (secondary N) is 2. The van der Waals surface area contributed by atoms with Crippen molar-refractivity contribution in [1.82, 2.24) is 10.6 Å². The molecule has 0 saturated carbocycles. The summed E-state index contributed by atoms with van der Waals surface area (Å²) in [7, 11) is 0. The highest BCUT2D eigenvalue weighted by Crippen LogP contribution is 2.45. The predicted octanol–water partition coefficient (Wildman–Crippen LogP) is 7.53. The number of carbonyl (C=O) groups excluding carboxylic acids is 3. The number of ketones is 1. The molecule has 0 saturated heterocycles. The fraction of sp³-hybridized carbons (Fsp3) is 0.435. The van der Waals surface area contributed by atoms with Crippen LogP contribution in [0.15, 0.2) is 84.9 Å². The van der Waals surface area contributed by atoms with Crippen molar-refractivity contribution in [2.75, 3.05) is 0 Å². The maximum Gasteiger partial charge on any atom is 0.408 e. The first-order chi connectivity index (χ1) is 28.3. The summed E-state index contributed by atoms with van der Waals surface area (Å²) < 4.78 is 5.82. The first-order valence-electron chi connectivity index (χ1n) is 20.4. The fourth-order valence-corrected chi connectivity index (χ4v) is 7.28. The van der Waals surface area contributed by atoms with Gasteiger partial charge >= 0.3 is 24.0 Å². The number of hydrogen-bond donors (Lipinski definition) is 6. The molecule has 2 amide bonds. The molecule has 3 atom stereocenters. The van der Waals surface area contributed by atoms with Gasteiger partial charge in [0.25, 0.3) is 0 Å². The summed E-state index contributed by atoms with van der Waals surface area (Å²) in [6.07, 6.45) is 9.75. The molecule has 0 heterocycles. The van der Waals surface area contributed by atoms with Gasteiger partial charge in [-0.15, -0.1) is 0 Å². The number of unbranched alkanes of at least 4 members (excludes halogenated alkanes) is 8. The van der Waals surface area contributed by atoms with Gasteiger partial charge in [0.2, 0.25) is 5.91 Å². The van der Waals surface area contributed by atoms with Crippen LogP contribution in [-0.2, 0) is 41.7 Å². The van der Waals surface area contributed by atoms with E-state index in [1.165, 1.54) is 12.5 Å². The number of amides is 2. The number of Topliss-reactive ketones (excluding diaryl/α,β-unsaturated/α-hetero) is 1. The summed E-state index contributed by atoms with van der Waals surface area (Å²) in [5.41, 5.74) is 1.89. The van der Waals surface area contributed by atoms with E-state index in [1.54, 1.807) is 24.3 Å². The van der Waals surface area contributed by atoms with Gasteiger partial charge in [0.15, 0.2) is 11.7 Å². The second kappa shape index (κ2) is 22.9. The van der Waals surface area contributed by atoms with Crippen molar-refractivity contribution in [3.8, 4) is 11.1 Å². The molecule has 0 aromatic heterocycles. The average molecular weight is 813 g/mol. The molecule has 6 N–H and O–H groups in total. The zero-order valence-corrected chi connectivity index (χ0v) is 33.6. The topological polar surface area (TPSA) is 217 Å². The third kappa shape index (κ3) is 13.6. The Hall–Kier alpha value is -5.82. The first kappa shape index (κ1) is 45.9. The first-order valence-corrected chi connectivity index (χ1v) is 20.4. The van der Waals surface area contributed by atoms with Gasteiger partial charge in [0.05, 0.1) is 12.3 Å². The van der Waals surface area contributed by atoms with Crippen LogP contribution in [0, 0.1) is 5.92 Å². The van der Waals surface area contributed by atoms with Crippen LogP contribution in [0.2, 0.25) is 0 Å². The maximum absolute atomic E-state index is 13.5. The Balaban J connectivity index is 1.30. The fourth-order valence-electron chi connectivity index (χ4n) is 7.28. The Morgan fingerprint density at radius 2 is 1.31 bits per heavy atom. The highest BCUT2D eigenvalue weighted by molar-refractivity contribution is 5.94. The molecule has 0 spiro atoms. The Bertz CT molecular complexity index is 1900. The number of hydrogen-bond acceptors (Lipinski definition) is 8. The minimum absolute atomic E-state index is 0.110. The third-order valence-electron chi connectivity index (χ3n) is 10.6. The molecule has 0 aliphatic heterocycles. The summed E-state index contributed by atoms with van der Waals surface area (Å²) in [5.74, 6) is -7.88. The summed E-state index contributed by atoms with van der Waals surface area (Å²) in [6, 6.07) is 20.5. The van der Waals surface area contributed by atoms with E-state index in [2.05, 4.69) is 17.6 Å². The maximum atomic E-state index is 13.5. The molecule has 59 heavy (non-hydrogen) atoms. The van der Waals surface area contributed by atoms with E-state index in [4.69, 9.17) is 4.74 Å². The van der Waals surface area contributed by atoms with Gasteiger partial charge in [-0.25, -0.2) is 14.4 Å². The van der Waals surface area contributed by atoms with E-state index < -0.39 is 60.0 Å². The smallest absolute Gasteiger partial charge is 0.408 e. The second-order valence-electron chi connectivity index (χ2n) is 15.1. The molecule has 0 radical (unpaired) electrons. The Labute approximate surface area is 344 Å². The molecule has 4 rings (SSSR count). The molecule has 13 nitrogen and oxygen atoms in total. The van der Waals surface area contributed by atoms with Crippen molar-refractivity contribution in [3.05, 3.63) is 107 Å². The van der Waals surface area contributed by atoms with Gasteiger partial charge < -0.3 is 35.8 Å². The van der Waals surface area contributed by atoms with Gasteiger partial charge in [-0.3, -0.25) is 14.4 Å². The third-order valence-corrected chi connectivity index (χ3v) is 10.6. The number of aliphatic carboxylic acids is 3. The number of allylic oxidation sites excluding steroid dienone is 1. The van der Waals surface area contributed by atoms with Crippen LogP contribution in [0.5, 0.6) is 0 Å². The SMILES string of the molecule is CCCCCCCC(=O)CCCCCC/C=C/C(C(=O)NC(Cc1ccc(CNC(=O)OC2c3ccccc3-c3ccccc32)cc1)C(=O)O)C(O)(CC(=O)O)C(=O)O. The van der Waals surface area contributed by atoms with Gasteiger partial charge in [-0.2, -0.15) is 0 Å². The number of alkyl carbamates (subject to hydrolysis) is 1. The quantitative estimate of drug-likeness (QED) is 0.0344. The molecule has 1 aliphatic carbocycles. The predicted molar refractivity (Wildman–Crippen MR) is 220 cm³/mol. The Morgan fingerprint density at radius 3 is 1.86 bits per heavy atom. The minimum Gasteiger partial charge on any atom is -0.481 e. The van der Waals surface area contributed by atoms with E-state index in [-0.39, 0.29) is 18.7 Å². The Kier molecular flexibility index (Phi) is 17.8. The summed E-state index contributed by atoms with van der Waals surface area (Å²) >= 11 is 0. The van der Waals surface area contributed by atoms with Crippen molar-refractivity contribution < 1.29 is 53.9 Å². The van der Waals surface area contributed by atoms with E-state index in [9.17, 15) is 49.2 Å². The largest absolute Gasteiger partial charge is 0.481 e. The highest BCUT2D eigenvalue weighted by Gasteiger charge is 2.49. The zero-order chi connectivity index (χ0) is 42.8. The van der Waals surface area contributed by atoms with E-state index in [0.717, 1.165) is 73.3 Å². The molecule has 1 aliphatic rings. The van der Waals surface area contributed by atoms with Gasteiger partial charge in [0.1, 0.15) is 11.8 Å². The highest BCUT2D eigenvalue weighted by atomic mass is 16.6. The monoisotopic (exact) mass is 812 g/mol. The van der Waals surface area contributed by atoms with Crippen LogP contribution >= 0.6 is 0 Å². The number of ether oxygens (including phenoxy) is 1. The lowest BCUT2D eigenvalue weighted by molar-refractivity contribution is -0.172. The lowest BCUT2D eigenvalue weighted by Crippen LogP contribution is -2.55. The number of carboxylic acid groups (broad SMARTS) is 3. The average Bonchev–Trinajstić information content (AvgIpc) is 3.52. The molecule has 0 bridgehead atoms. The van der Waals surface area contributed by atoms with Crippen LogP contribution in [-0.4, -0.2) is 67.8 Å². The number of rotatable bonds is 26. The van der Waals surface area contributed by atoms with Crippen molar-refractivity contribution in [3.63, 3.8) is 0 Å². The standard InChI is InChI=1S/C46H56N2O11/c1-2-3-4-7-10-17-33(49)18-11-8-5-6-9-12-23-38(46(58,44(55)56)29-40(50)51)42(52)48-39(43(53)54)28-31-24-26-32(27-25-31)30-47-45(57)59-41-36-21-15-13-19-34(36)35-20-14-16-22-37(35)41/h12-16,19-27,38-39,41,58H,2-11,17-18,28-30H2,1H3,(H,47,57)(H,48,52)(H,50,51)(H,53,54)(H,55,56)/b23-12+. The Morgan fingerprint density at radius 1 is 0.746 bits per heavy atom. The number of carboxylic acids is 3. The molecular formula is C46H56N2O11. The van der Waals surface area contributed by atoms with E-state index in [0.29, 0.717) is 36.8 Å².